The zero-order valence-corrected chi connectivity index (χ0v) is 12.2. The van der Waals surface area contributed by atoms with E-state index in [9.17, 15) is 31.4 Å². The average molecular weight is 349 g/mol. The molecule has 0 unspecified atom stereocenters. The van der Waals surface area contributed by atoms with E-state index in [1.54, 1.807) is 0 Å². The molecule has 2 aromatic rings. The fraction of sp³-hybridized carbons (Fsp3) is 0.312. The highest BCUT2D eigenvalue weighted by Crippen LogP contribution is 2.31. The van der Waals surface area contributed by atoms with Gasteiger partial charge in [-0.1, -0.05) is 18.2 Å². The third kappa shape index (κ3) is 4.95. The lowest BCUT2D eigenvalue weighted by molar-refractivity contribution is -0.140. The predicted molar refractivity (Wildman–Crippen MR) is 74.9 cm³/mol. The topological polar surface area (TPSA) is 33.1 Å². The van der Waals surface area contributed by atoms with Crippen LogP contribution in [0.1, 0.15) is 30.1 Å². The SMILES string of the molecule is O[C@@H](CCC(F)(F)F)c1ccc(-c2ccc(C(F)(F)F)cc2)nc1. The Morgan fingerprint density at radius 3 is 2.00 bits per heavy atom. The van der Waals surface area contributed by atoms with Crippen LogP contribution in [-0.4, -0.2) is 16.3 Å². The normalized spacial score (nSPS) is 13.8. The van der Waals surface area contributed by atoms with Gasteiger partial charge in [0.05, 0.1) is 17.4 Å². The van der Waals surface area contributed by atoms with Crippen molar-refractivity contribution in [3.63, 3.8) is 0 Å². The summed E-state index contributed by atoms with van der Waals surface area (Å²) in [6, 6.07) is 7.19. The van der Waals surface area contributed by atoms with E-state index in [0.717, 1.165) is 12.1 Å². The van der Waals surface area contributed by atoms with Crippen molar-refractivity contribution in [3.05, 3.63) is 53.7 Å². The van der Waals surface area contributed by atoms with Crippen LogP contribution < -0.4 is 0 Å². The summed E-state index contributed by atoms with van der Waals surface area (Å²) in [6.45, 7) is 0. The molecule has 130 valence electrons. The van der Waals surface area contributed by atoms with Crippen molar-refractivity contribution in [1.29, 1.82) is 0 Å². The van der Waals surface area contributed by atoms with E-state index in [1.165, 1.54) is 30.5 Å². The Hall–Kier alpha value is -2.09. The van der Waals surface area contributed by atoms with Crippen molar-refractivity contribution in [2.75, 3.05) is 0 Å². The summed E-state index contributed by atoms with van der Waals surface area (Å²) in [6.07, 6.45) is -10.5. The minimum Gasteiger partial charge on any atom is -0.388 e. The molecule has 24 heavy (non-hydrogen) atoms. The Morgan fingerprint density at radius 2 is 1.54 bits per heavy atom. The van der Waals surface area contributed by atoms with E-state index in [2.05, 4.69) is 4.98 Å². The van der Waals surface area contributed by atoms with Gasteiger partial charge in [0.1, 0.15) is 0 Å². The van der Waals surface area contributed by atoms with Gasteiger partial charge in [-0.05, 0) is 30.2 Å². The highest BCUT2D eigenvalue weighted by Gasteiger charge is 2.30. The Labute approximate surface area is 133 Å². The molecule has 1 atom stereocenters. The van der Waals surface area contributed by atoms with Crippen molar-refractivity contribution in [3.8, 4) is 11.3 Å². The van der Waals surface area contributed by atoms with Crippen LogP contribution in [0.3, 0.4) is 0 Å². The lowest BCUT2D eigenvalue weighted by atomic mass is 10.0. The summed E-state index contributed by atoms with van der Waals surface area (Å²) in [5.74, 6) is 0. The number of nitrogens with zero attached hydrogens (tertiary/aromatic N) is 1. The first-order valence-electron chi connectivity index (χ1n) is 6.95. The monoisotopic (exact) mass is 349 g/mol. The standard InChI is InChI=1S/C16H13F6NO/c17-15(18,19)8-7-14(24)11-3-6-13(23-9-11)10-1-4-12(5-2-10)16(20,21)22/h1-6,9,14,24H,7-8H2/t14-/m0/s1. The number of hydrogen-bond acceptors (Lipinski definition) is 2. The van der Waals surface area contributed by atoms with Crippen LogP contribution in [0, 0.1) is 0 Å². The van der Waals surface area contributed by atoms with E-state index < -0.39 is 36.9 Å². The van der Waals surface area contributed by atoms with Crippen molar-refractivity contribution >= 4 is 0 Å². The molecule has 0 fully saturated rings. The van der Waals surface area contributed by atoms with Crippen molar-refractivity contribution in [1.82, 2.24) is 4.98 Å². The van der Waals surface area contributed by atoms with E-state index >= 15 is 0 Å². The minimum absolute atomic E-state index is 0.218. The molecule has 0 saturated heterocycles. The smallest absolute Gasteiger partial charge is 0.388 e. The lowest BCUT2D eigenvalue weighted by Gasteiger charge is -2.13. The molecule has 1 N–H and O–H groups in total. The Balaban J connectivity index is 2.09. The highest BCUT2D eigenvalue weighted by molar-refractivity contribution is 5.59. The van der Waals surface area contributed by atoms with Crippen LogP contribution in [-0.2, 0) is 6.18 Å². The molecule has 8 heteroatoms. The fourth-order valence-electron chi connectivity index (χ4n) is 2.07. The van der Waals surface area contributed by atoms with Crippen molar-refractivity contribution < 1.29 is 31.4 Å². The molecule has 0 amide bonds. The predicted octanol–water partition coefficient (Wildman–Crippen LogP) is 5.14. The second-order valence-electron chi connectivity index (χ2n) is 5.22. The molecule has 0 aliphatic heterocycles. The van der Waals surface area contributed by atoms with Gasteiger partial charge in [-0.15, -0.1) is 0 Å². The first-order chi connectivity index (χ1) is 11.1. The molecule has 0 bridgehead atoms. The first kappa shape index (κ1) is 18.3. The number of aromatic nitrogens is 1. The summed E-state index contributed by atoms with van der Waals surface area (Å²) < 4.78 is 73.9. The zero-order chi connectivity index (χ0) is 18.0. The van der Waals surface area contributed by atoms with Crippen LogP contribution in [0.5, 0.6) is 0 Å². The third-order valence-corrected chi connectivity index (χ3v) is 3.38. The Morgan fingerprint density at radius 1 is 0.917 bits per heavy atom. The van der Waals surface area contributed by atoms with Crippen LogP contribution in [0.4, 0.5) is 26.3 Å². The first-order valence-corrected chi connectivity index (χ1v) is 6.95. The van der Waals surface area contributed by atoms with Gasteiger partial charge >= 0.3 is 12.4 Å². The molecule has 1 aromatic heterocycles. The van der Waals surface area contributed by atoms with Crippen LogP contribution in [0.15, 0.2) is 42.6 Å². The highest BCUT2D eigenvalue weighted by atomic mass is 19.4. The quantitative estimate of drug-likeness (QED) is 0.775. The van der Waals surface area contributed by atoms with Gasteiger partial charge in [0, 0.05) is 18.2 Å². The maximum absolute atomic E-state index is 12.5. The number of pyridine rings is 1. The van der Waals surface area contributed by atoms with Gasteiger partial charge in [-0.25, -0.2) is 0 Å². The van der Waals surface area contributed by atoms with Crippen LogP contribution >= 0.6 is 0 Å². The molecule has 2 nitrogen and oxygen atoms in total. The number of rotatable bonds is 4. The van der Waals surface area contributed by atoms with E-state index in [4.69, 9.17) is 0 Å². The summed E-state index contributed by atoms with van der Waals surface area (Å²) in [4.78, 5) is 3.98. The van der Waals surface area contributed by atoms with Crippen LogP contribution in [0.25, 0.3) is 11.3 Å². The molecular weight excluding hydrogens is 336 g/mol. The Kier molecular flexibility index (Phi) is 5.17. The maximum atomic E-state index is 12.5. The van der Waals surface area contributed by atoms with Crippen molar-refractivity contribution in [2.45, 2.75) is 31.3 Å². The molecule has 0 aliphatic carbocycles. The number of aliphatic hydroxyl groups is 1. The maximum Gasteiger partial charge on any atom is 0.416 e. The molecule has 0 radical (unpaired) electrons. The number of benzene rings is 1. The summed E-state index contributed by atoms with van der Waals surface area (Å²) >= 11 is 0. The molecule has 1 heterocycles. The zero-order valence-electron chi connectivity index (χ0n) is 12.2. The van der Waals surface area contributed by atoms with Gasteiger partial charge in [0.15, 0.2) is 0 Å². The lowest BCUT2D eigenvalue weighted by Crippen LogP contribution is -2.10. The number of alkyl halides is 6. The second kappa shape index (κ2) is 6.80. The van der Waals surface area contributed by atoms with E-state index in [-0.39, 0.29) is 5.56 Å². The fourth-order valence-corrected chi connectivity index (χ4v) is 2.07. The van der Waals surface area contributed by atoms with Gasteiger partial charge in [-0.2, -0.15) is 26.3 Å². The molecule has 1 aromatic carbocycles. The summed E-state index contributed by atoms with van der Waals surface area (Å²) in [5, 5.41) is 9.71. The third-order valence-electron chi connectivity index (χ3n) is 3.38. The molecule has 0 saturated carbocycles. The summed E-state index contributed by atoms with van der Waals surface area (Å²) in [5.41, 5.74) is 0.218. The molecule has 0 spiro atoms. The van der Waals surface area contributed by atoms with Gasteiger partial charge < -0.3 is 5.11 Å². The van der Waals surface area contributed by atoms with Gasteiger partial charge in [0.2, 0.25) is 0 Å². The Bertz CT molecular complexity index is 661. The van der Waals surface area contributed by atoms with Gasteiger partial charge in [-0.3, -0.25) is 4.98 Å². The number of aliphatic hydroxyl groups excluding tert-OH is 1. The number of halogens is 6. The van der Waals surface area contributed by atoms with Crippen LogP contribution in [0.2, 0.25) is 0 Å². The van der Waals surface area contributed by atoms with E-state index in [0.29, 0.717) is 11.3 Å². The average Bonchev–Trinajstić information content (AvgIpc) is 2.51. The second-order valence-corrected chi connectivity index (χ2v) is 5.22. The summed E-state index contributed by atoms with van der Waals surface area (Å²) in [7, 11) is 0. The minimum atomic E-state index is -4.43. The van der Waals surface area contributed by atoms with Gasteiger partial charge in [0.25, 0.3) is 0 Å². The number of hydrogen-bond donors (Lipinski definition) is 1. The van der Waals surface area contributed by atoms with Crippen molar-refractivity contribution in [2.24, 2.45) is 0 Å². The molecular formula is C16H13F6NO. The van der Waals surface area contributed by atoms with E-state index in [1.807, 2.05) is 0 Å². The largest absolute Gasteiger partial charge is 0.416 e. The molecule has 2 rings (SSSR count). The molecule has 0 aliphatic rings.